The zero-order valence-corrected chi connectivity index (χ0v) is 10.9. The number of ketones is 2. The molecule has 0 saturated heterocycles. The highest BCUT2D eigenvalue weighted by atomic mass is 16.1. The molecule has 1 rings (SSSR count). The minimum Gasteiger partial charge on any atom is -0.299 e. The molecule has 0 aromatic carbocycles. The van der Waals surface area contributed by atoms with E-state index in [9.17, 15) is 9.59 Å². The third-order valence-electron chi connectivity index (χ3n) is 2.68. The lowest BCUT2D eigenvalue weighted by atomic mass is 9.87. The lowest BCUT2D eigenvalue weighted by Gasteiger charge is -2.15. The molecular formula is C14H19NO2. The summed E-state index contributed by atoms with van der Waals surface area (Å²) in [5, 5.41) is 0. The topological polar surface area (TPSA) is 47.0 Å². The van der Waals surface area contributed by atoms with Crippen molar-refractivity contribution in [1.82, 2.24) is 4.98 Å². The highest BCUT2D eigenvalue weighted by Crippen LogP contribution is 2.18. The monoisotopic (exact) mass is 233 g/mol. The van der Waals surface area contributed by atoms with Gasteiger partial charge in [-0.2, -0.15) is 0 Å². The number of aromatic nitrogens is 1. The first kappa shape index (κ1) is 13.6. The van der Waals surface area contributed by atoms with Crippen molar-refractivity contribution in [3.05, 3.63) is 29.6 Å². The van der Waals surface area contributed by atoms with Crippen LogP contribution in [0.2, 0.25) is 0 Å². The van der Waals surface area contributed by atoms with E-state index in [1.807, 2.05) is 33.8 Å². The molecule has 0 unspecified atom stereocenters. The smallest absolute Gasteiger partial charge is 0.188 e. The molecule has 3 nitrogen and oxygen atoms in total. The van der Waals surface area contributed by atoms with E-state index in [4.69, 9.17) is 0 Å². The van der Waals surface area contributed by atoms with Crippen LogP contribution in [0.4, 0.5) is 0 Å². The zero-order valence-electron chi connectivity index (χ0n) is 10.9. The summed E-state index contributed by atoms with van der Waals surface area (Å²) in [7, 11) is 0. The summed E-state index contributed by atoms with van der Waals surface area (Å²) in [6, 6.07) is 3.57. The molecule has 1 aromatic rings. The number of nitrogens with zero attached hydrogens (tertiary/aromatic N) is 1. The van der Waals surface area contributed by atoms with Gasteiger partial charge in [0.05, 0.1) is 6.42 Å². The number of Topliss-reactive ketones (excluding diaryl/α,β-unsaturated/α-hetero) is 2. The molecule has 0 fully saturated rings. The van der Waals surface area contributed by atoms with Gasteiger partial charge in [0.25, 0.3) is 0 Å². The van der Waals surface area contributed by atoms with Gasteiger partial charge in [0, 0.05) is 11.6 Å². The summed E-state index contributed by atoms with van der Waals surface area (Å²) in [5.41, 5.74) is 0.988. The Hall–Kier alpha value is -1.51. The minimum absolute atomic E-state index is 0.0520. The van der Waals surface area contributed by atoms with Gasteiger partial charge in [0.1, 0.15) is 11.5 Å². The molecule has 0 saturated carbocycles. The molecule has 0 amide bonds. The van der Waals surface area contributed by atoms with Crippen molar-refractivity contribution < 1.29 is 9.59 Å². The quantitative estimate of drug-likeness (QED) is 0.593. The van der Waals surface area contributed by atoms with Crippen molar-refractivity contribution in [2.75, 3.05) is 0 Å². The van der Waals surface area contributed by atoms with Crippen LogP contribution >= 0.6 is 0 Å². The van der Waals surface area contributed by atoms with Crippen LogP contribution in [-0.2, 0) is 11.2 Å². The molecule has 1 aromatic heterocycles. The van der Waals surface area contributed by atoms with E-state index in [0.717, 1.165) is 12.0 Å². The fourth-order valence-corrected chi connectivity index (χ4v) is 1.30. The maximum atomic E-state index is 11.8. The first-order chi connectivity index (χ1) is 7.84. The molecule has 3 heteroatoms. The summed E-state index contributed by atoms with van der Waals surface area (Å²) in [6.07, 6.45) is 2.51. The van der Waals surface area contributed by atoms with Crippen molar-refractivity contribution >= 4 is 11.6 Å². The third kappa shape index (κ3) is 3.77. The van der Waals surface area contributed by atoms with Gasteiger partial charge in [0.2, 0.25) is 0 Å². The van der Waals surface area contributed by atoms with Crippen molar-refractivity contribution in [2.45, 2.75) is 40.5 Å². The standard InChI is InChI=1S/C14H19NO2/c1-5-10-6-7-11(15-9-10)12(16)8-13(17)14(2,3)4/h6-7,9H,5,8H2,1-4H3. The Kier molecular flexibility index (Phi) is 4.16. The van der Waals surface area contributed by atoms with Gasteiger partial charge in [0.15, 0.2) is 5.78 Å². The zero-order chi connectivity index (χ0) is 13.1. The molecular weight excluding hydrogens is 214 g/mol. The average Bonchev–Trinajstić information content (AvgIpc) is 2.27. The Balaban J connectivity index is 2.73. The van der Waals surface area contributed by atoms with Crippen LogP contribution < -0.4 is 0 Å². The Labute approximate surface area is 102 Å². The largest absolute Gasteiger partial charge is 0.299 e. The fraction of sp³-hybridized carbons (Fsp3) is 0.500. The van der Waals surface area contributed by atoms with Crippen LogP contribution in [0.15, 0.2) is 18.3 Å². The molecule has 1 heterocycles. The van der Waals surface area contributed by atoms with E-state index in [-0.39, 0.29) is 18.0 Å². The van der Waals surface area contributed by atoms with Gasteiger partial charge >= 0.3 is 0 Å². The third-order valence-corrected chi connectivity index (χ3v) is 2.68. The van der Waals surface area contributed by atoms with Crippen LogP contribution in [0.5, 0.6) is 0 Å². The second-order valence-corrected chi connectivity index (χ2v) is 5.18. The molecule has 92 valence electrons. The normalized spacial score (nSPS) is 11.3. The Morgan fingerprint density at radius 2 is 1.88 bits per heavy atom. The van der Waals surface area contributed by atoms with Gasteiger partial charge in [-0.15, -0.1) is 0 Å². The van der Waals surface area contributed by atoms with E-state index in [0.29, 0.717) is 5.69 Å². The van der Waals surface area contributed by atoms with E-state index >= 15 is 0 Å². The van der Waals surface area contributed by atoms with Gasteiger partial charge in [-0.3, -0.25) is 14.6 Å². The first-order valence-electron chi connectivity index (χ1n) is 5.86. The summed E-state index contributed by atoms with van der Waals surface area (Å²) >= 11 is 0. The highest BCUT2D eigenvalue weighted by Gasteiger charge is 2.24. The predicted octanol–water partition coefficient (Wildman–Crippen LogP) is 2.83. The molecule has 0 aliphatic heterocycles. The van der Waals surface area contributed by atoms with Crippen molar-refractivity contribution in [3.8, 4) is 0 Å². The number of hydrogen-bond acceptors (Lipinski definition) is 3. The lowest BCUT2D eigenvalue weighted by molar-refractivity contribution is -0.125. The minimum atomic E-state index is -0.473. The number of rotatable bonds is 4. The van der Waals surface area contributed by atoms with Crippen LogP contribution in [0.25, 0.3) is 0 Å². The van der Waals surface area contributed by atoms with Gasteiger partial charge in [-0.25, -0.2) is 0 Å². The predicted molar refractivity (Wildman–Crippen MR) is 67.0 cm³/mol. The van der Waals surface area contributed by atoms with Crippen molar-refractivity contribution in [3.63, 3.8) is 0 Å². The van der Waals surface area contributed by atoms with Crippen molar-refractivity contribution in [1.29, 1.82) is 0 Å². The maximum Gasteiger partial charge on any atom is 0.188 e. The van der Waals surface area contributed by atoms with Gasteiger partial charge < -0.3 is 0 Å². The molecule has 17 heavy (non-hydrogen) atoms. The van der Waals surface area contributed by atoms with E-state index in [1.165, 1.54) is 0 Å². The number of aryl methyl sites for hydroxylation is 1. The Bertz CT molecular complexity index is 413. The molecule has 0 N–H and O–H groups in total. The number of hydrogen-bond donors (Lipinski definition) is 0. The highest BCUT2D eigenvalue weighted by molar-refractivity contribution is 6.08. The van der Waals surface area contributed by atoms with Crippen LogP contribution in [0, 0.1) is 5.41 Å². The molecule has 0 atom stereocenters. The fourth-order valence-electron chi connectivity index (χ4n) is 1.30. The summed E-state index contributed by atoms with van der Waals surface area (Å²) < 4.78 is 0. The molecule has 0 aliphatic carbocycles. The van der Waals surface area contributed by atoms with Gasteiger partial charge in [-0.1, -0.05) is 33.8 Å². The average molecular weight is 233 g/mol. The SMILES string of the molecule is CCc1ccc(C(=O)CC(=O)C(C)(C)C)nc1. The van der Waals surface area contributed by atoms with E-state index < -0.39 is 5.41 Å². The summed E-state index contributed by atoms with van der Waals surface area (Å²) in [4.78, 5) is 27.6. The first-order valence-corrected chi connectivity index (χ1v) is 5.86. The Morgan fingerprint density at radius 1 is 1.24 bits per heavy atom. The van der Waals surface area contributed by atoms with Crippen LogP contribution in [-0.4, -0.2) is 16.6 Å². The van der Waals surface area contributed by atoms with Crippen molar-refractivity contribution in [2.24, 2.45) is 5.41 Å². The van der Waals surface area contributed by atoms with Crippen LogP contribution in [0.1, 0.15) is 50.2 Å². The number of carbonyl (C=O) groups is 2. The van der Waals surface area contributed by atoms with Gasteiger partial charge in [-0.05, 0) is 18.1 Å². The summed E-state index contributed by atoms with van der Waals surface area (Å²) in [5.74, 6) is -0.253. The number of pyridine rings is 1. The summed E-state index contributed by atoms with van der Waals surface area (Å²) in [6.45, 7) is 7.48. The molecule has 0 bridgehead atoms. The molecule has 0 spiro atoms. The molecule has 0 aliphatic rings. The number of carbonyl (C=O) groups excluding carboxylic acids is 2. The second-order valence-electron chi connectivity index (χ2n) is 5.18. The maximum absolute atomic E-state index is 11.8. The van der Waals surface area contributed by atoms with E-state index in [1.54, 1.807) is 12.3 Å². The molecule has 0 radical (unpaired) electrons. The van der Waals surface area contributed by atoms with E-state index in [2.05, 4.69) is 4.98 Å². The Morgan fingerprint density at radius 3 is 2.29 bits per heavy atom. The lowest BCUT2D eigenvalue weighted by Crippen LogP contribution is -2.23. The van der Waals surface area contributed by atoms with Crippen LogP contribution in [0.3, 0.4) is 0 Å². The second kappa shape index (κ2) is 5.21.